The second kappa shape index (κ2) is 6.41. The minimum atomic E-state index is -0.899. The van der Waals surface area contributed by atoms with E-state index in [-0.39, 0.29) is 11.9 Å². The second-order valence-corrected chi connectivity index (χ2v) is 5.57. The van der Waals surface area contributed by atoms with E-state index in [9.17, 15) is 13.2 Å². The molecule has 0 radical (unpaired) electrons. The summed E-state index contributed by atoms with van der Waals surface area (Å²) in [5, 5.41) is 0. The fraction of sp³-hybridized carbons (Fsp3) is 0.200. The molecule has 0 spiro atoms. The van der Waals surface area contributed by atoms with Gasteiger partial charge in [-0.2, -0.15) is 0 Å². The highest BCUT2D eigenvalue weighted by atomic mass is 79.9. The summed E-state index contributed by atoms with van der Waals surface area (Å²) in [6.45, 7) is 0. The van der Waals surface area contributed by atoms with Gasteiger partial charge in [0.1, 0.15) is 5.82 Å². The van der Waals surface area contributed by atoms with Crippen molar-refractivity contribution in [2.45, 2.75) is 18.9 Å². The molecule has 0 saturated heterocycles. The topological polar surface area (TPSA) is 26.0 Å². The Labute approximate surface area is 123 Å². The Balaban J connectivity index is 2.04. The van der Waals surface area contributed by atoms with Crippen LogP contribution in [0.15, 0.2) is 40.9 Å². The monoisotopic (exact) mass is 343 g/mol. The Hall–Kier alpha value is -1.33. The SMILES string of the molecule is NC(Cc1ccc(F)c(F)c1)Cc1ccc(Br)cc1F. The quantitative estimate of drug-likeness (QED) is 0.892. The highest BCUT2D eigenvalue weighted by Crippen LogP contribution is 2.17. The molecule has 1 nitrogen and oxygen atoms in total. The zero-order valence-corrected chi connectivity index (χ0v) is 12.1. The Morgan fingerprint density at radius 2 is 1.65 bits per heavy atom. The Morgan fingerprint density at radius 1 is 0.900 bits per heavy atom. The lowest BCUT2D eigenvalue weighted by atomic mass is 9.99. The number of halogens is 4. The average molecular weight is 344 g/mol. The molecule has 0 amide bonds. The van der Waals surface area contributed by atoms with Crippen LogP contribution in [0.4, 0.5) is 13.2 Å². The third-order valence-electron chi connectivity index (χ3n) is 2.98. The zero-order chi connectivity index (χ0) is 14.7. The Bertz CT molecular complexity index is 616. The normalized spacial score (nSPS) is 12.4. The van der Waals surface area contributed by atoms with Gasteiger partial charge in [0.15, 0.2) is 11.6 Å². The highest BCUT2D eigenvalue weighted by molar-refractivity contribution is 9.10. The summed E-state index contributed by atoms with van der Waals surface area (Å²) in [5.74, 6) is -2.12. The van der Waals surface area contributed by atoms with Crippen molar-refractivity contribution >= 4 is 15.9 Å². The van der Waals surface area contributed by atoms with Crippen LogP contribution in [0.5, 0.6) is 0 Å². The van der Waals surface area contributed by atoms with Crippen LogP contribution in [0.25, 0.3) is 0 Å². The molecule has 0 aliphatic heterocycles. The average Bonchev–Trinajstić information content (AvgIpc) is 2.37. The first-order valence-electron chi connectivity index (χ1n) is 6.09. The van der Waals surface area contributed by atoms with Crippen LogP contribution < -0.4 is 5.73 Å². The fourth-order valence-electron chi connectivity index (χ4n) is 2.01. The molecular weight excluding hydrogens is 331 g/mol. The van der Waals surface area contributed by atoms with E-state index in [1.54, 1.807) is 12.1 Å². The minimum absolute atomic E-state index is 0.331. The summed E-state index contributed by atoms with van der Waals surface area (Å²) in [6.07, 6.45) is 0.685. The van der Waals surface area contributed by atoms with E-state index < -0.39 is 11.6 Å². The smallest absolute Gasteiger partial charge is 0.159 e. The molecule has 20 heavy (non-hydrogen) atoms. The maximum absolute atomic E-state index is 13.7. The van der Waals surface area contributed by atoms with E-state index >= 15 is 0 Å². The Kier molecular flexibility index (Phi) is 4.83. The van der Waals surface area contributed by atoms with Crippen molar-refractivity contribution in [2.75, 3.05) is 0 Å². The number of hydrogen-bond donors (Lipinski definition) is 1. The number of hydrogen-bond acceptors (Lipinski definition) is 1. The van der Waals surface area contributed by atoms with E-state index in [1.807, 2.05) is 0 Å². The molecule has 5 heteroatoms. The first-order valence-corrected chi connectivity index (χ1v) is 6.88. The van der Waals surface area contributed by atoms with Crippen LogP contribution in [0.1, 0.15) is 11.1 Å². The van der Waals surface area contributed by atoms with Crippen molar-refractivity contribution in [3.05, 3.63) is 69.4 Å². The molecule has 0 saturated carbocycles. The maximum atomic E-state index is 13.7. The molecule has 0 aliphatic rings. The highest BCUT2D eigenvalue weighted by Gasteiger charge is 2.11. The molecule has 2 N–H and O–H groups in total. The van der Waals surface area contributed by atoms with Gasteiger partial charge >= 0.3 is 0 Å². The lowest BCUT2D eigenvalue weighted by Gasteiger charge is -2.13. The van der Waals surface area contributed by atoms with Gasteiger partial charge in [0.2, 0.25) is 0 Å². The van der Waals surface area contributed by atoms with Crippen molar-refractivity contribution in [3.8, 4) is 0 Å². The molecule has 1 atom stereocenters. The molecule has 0 aliphatic carbocycles. The minimum Gasteiger partial charge on any atom is -0.327 e. The van der Waals surface area contributed by atoms with Crippen LogP contribution in [-0.4, -0.2) is 6.04 Å². The van der Waals surface area contributed by atoms with Gasteiger partial charge in [-0.1, -0.05) is 28.1 Å². The van der Waals surface area contributed by atoms with E-state index in [0.29, 0.717) is 28.4 Å². The molecule has 0 bridgehead atoms. The molecular formula is C15H13BrF3N. The molecule has 0 aromatic heterocycles. The zero-order valence-electron chi connectivity index (χ0n) is 10.5. The lowest BCUT2D eigenvalue weighted by Crippen LogP contribution is -2.26. The second-order valence-electron chi connectivity index (χ2n) is 4.65. The summed E-state index contributed by atoms with van der Waals surface area (Å²) in [5.41, 5.74) is 7.03. The molecule has 2 aromatic rings. The van der Waals surface area contributed by atoms with Gasteiger partial charge in [-0.3, -0.25) is 0 Å². The number of benzene rings is 2. The predicted molar refractivity (Wildman–Crippen MR) is 75.8 cm³/mol. The largest absolute Gasteiger partial charge is 0.327 e. The maximum Gasteiger partial charge on any atom is 0.159 e. The molecule has 1 unspecified atom stereocenters. The summed E-state index contributed by atoms with van der Waals surface area (Å²) < 4.78 is 40.2. The van der Waals surface area contributed by atoms with Crippen molar-refractivity contribution < 1.29 is 13.2 Å². The summed E-state index contributed by atoms with van der Waals surface area (Å²) in [7, 11) is 0. The van der Waals surface area contributed by atoms with Crippen molar-refractivity contribution in [1.29, 1.82) is 0 Å². The van der Waals surface area contributed by atoms with Gasteiger partial charge in [-0.15, -0.1) is 0 Å². The van der Waals surface area contributed by atoms with E-state index in [4.69, 9.17) is 5.73 Å². The first-order chi connectivity index (χ1) is 9.45. The fourth-order valence-corrected chi connectivity index (χ4v) is 2.34. The third-order valence-corrected chi connectivity index (χ3v) is 3.47. The summed E-state index contributed by atoms with van der Waals surface area (Å²) in [6, 6.07) is 8.07. The van der Waals surface area contributed by atoms with Gasteiger partial charge < -0.3 is 5.73 Å². The molecule has 2 rings (SSSR count). The number of nitrogens with two attached hydrogens (primary N) is 1. The van der Waals surface area contributed by atoms with Crippen molar-refractivity contribution in [3.63, 3.8) is 0 Å². The van der Waals surface area contributed by atoms with Crippen LogP contribution in [-0.2, 0) is 12.8 Å². The van der Waals surface area contributed by atoms with Crippen LogP contribution in [0.2, 0.25) is 0 Å². The lowest BCUT2D eigenvalue weighted by molar-refractivity contribution is 0.505. The molecule has 0 heterocycles. The van der Waals surface area contributed by atoms with Gasteiger partial charge in [0.05, 0.1) is 0 Å². The van der Waals surface area contributed by atoms with Crippen LogP contribution >= 0.6 is 15.9 Å². The van der Waals surface area contributed by atoms with Crippen LogP contribution in [0, 0.1) is 17.5 Å². The summed E-state index contributed by atoms with van der Waals surface area (Å²) >= 11 is 3.18. The van der Waals surface area contributed by atoms with E-state index in [2.05, 4.69) is 15.9 Å². The Morgan fingerprint density at radius 3 is 2.30 bits per heavy atom. The molecule has 2 aromatic carbocycles. The predicted octanol–water partition coefficient (Wildman–Crippen LogP) is 3.98. The van der Waals surface area contributed by atoms with Gasteiger partial charge in [-0.25, -0.2) is 13.2 Å². The van der Waals surface area contributed by atoms with Gasteiger partial charge in [-0.05, 0) is 48.2 Å². The summed E-state index contributed by atoms with van der Waals surface area (Å²) in [4.78, 5) is 0. The first kappa shape index (κ1) is 15.1. The van der Waals surface area contributed by atoms with Crippen molar-refractivity contribution in [2.24, 2.45) is 5.73 Å². The number of rotatable bonds is 4. The van der Waals surface area contributed by atoms with Gasteiger partial charge in [0.25, 0.3) is 0 Å². The molecule has 0 fully saturated rings. The van der Waals surface area contributed by atoms with E-state index in [1.165, 1.54) is 12.1 Å². The van der Waals surface area contributed by atoms with E-state index in [0.717, 1.165) is 12.1 Å². The van der Waals surface area contributed by atoms with Gasteiger partial charge in [0, 0.05) is 10.5 Å². The molecule has 106 valence electrons. The third kappa shape index (κ3) is 3.84. The van der Waals surface area contributed by atoms with Crippen LogP contribution in [0.3, 0.4) is 0 Å². The van der Waals surface area contributed by atoms with Crippen molar-refractivity contribution in [1.82, 2.24) is 0 Å². The standard InChI is InChI=1S/C15H13BrF3N/c16-11-3-2-10(14(18)8-11)7-12(20)5-9-1-4-13(17)15(19)6-9/h1-4,6,8,12H,5,7,20H2.